The minimum atomic E-state index is -0.715. The summed E-state index contributed by atoms with van der Waals surface area (Å²) < 4.78 is 12.0. The lowest BCUT2D eigenvalue weighted by molar-refractivity contribution is -0.155. The number of nitrogens with one attached hydrogen (secondary N) is 1. The SMILES string of the molecule is CCCNC(=O)N1C[C@@H](O)COC[C@H]2O[C@@H](CC(=O)N3CCC(Cc4ccccc4)CC3)CC[C@@H]21. The van der Waals surface area contributed by atoms with E-state index in [1.807, 2.05) is 17.9 Å². The number of aliphatic hydroxyl groups is 1. The lowest BCUT2D eigenvalue weighted by atomic mass is 9.90. The number of carbonyl (C=O) groups is 2. The number of rotatable bonds is 6. The van der Waals surface area contributed by atoms with E-state index in [9.17, 15) is 14.7 Å². The molecule has 3 aliphatic rings. The Labute approximate surface area is 208 Å². The van der Waals surface area contributed by atoms with E-state index in [1.165, 1.54) is 5.56 Å². The minimum Gasteiger partial charge on any atom is -0.389 e. The van der Waals surface area contributed by atoms with E-state index in [0.29, 0.717) is 31.9 Å². The van der Waals surface area contributed by atoms with Crippen molar-refractivity contribution in [3.05, 3.63) is 35.9 Å². The van der Waals surface area contributed by atoms with Gasteiger partial charge < -0.3 is 29.7 Å². The highest BCUT2D eigenvalue weighted by molar-refractivity contribution is 5.77. The van der Waals surface area contributed by atoms with Crippen LogP contribution in [0.15, 0.2) is 30.3 Å². The fourth-order valence-corrected chi connectivity index (χ4v) is 5.57. The molecule has 0 saturated carbocycles. The molecule has 35 heavy (non-hydrogen) atoms. The van der Waals surface area contributed by atoms with Gasteiger partial charge in [-0.05, 0) is 50.0 Å². The molecule has 4 rings (SSSR count). The number of piperidine rings is 1. The van der Waals surface area contributed by atoms with Crippen LogP contribution in [-0.2, 0) is 20.7 Å². The van der Waals surface area contributed by atoms with Crippen LogP contribution in [0.1, 0.15) is 51.0 Å². The molecule has 2 N–H and O–H groups in total. The molecule has 4 atom stereocenters. The second-order valence-electron chi connectivity index (χ2n) is 10.2. The van der Waals surface area contributed by atoms with E-state index >= 15 is 0 Å². The molecular formula is C27H41N3O5. The van der Waals surface area contributed by atoms with E-state index < -0.39 is 6.10 Å². The van der Waals surface area contributed by atoms with Crippen LogP contribution >= 0.6 is 0 Å². The summed E-state index contributed by atoms with van der Waals surface area (Å²) in [6, 6.07) is 10.2. The number of amides is 3. The van der Waals surface area contributed by atoms with E-state index in [1.54, 1.807) is 4.90 Å². The molecular weight excluding hydrogens is 446 g/mol. The Kier molecular flexibility index (Phi) is 9.40. The fraction of sp³-hybridized carbons (Fsp3) is 0.704. The van der Waals surface area contributed by atoms with Gasteiger partial charge in [-0.15, -0.1) is 0 Å². The van der Waals surface area contributed by atoms with Crippen molar-refractivity contribution >= 4 is 11.9 Å². The molecule has 0 spiro atoms. The van der Waals surface area contributed by atoms with Gasteiger partial charge in [0, 0.05) is 19.6 Å². The van der Waals surface area contributed by atoms with Crippen molar-refractivity contribution < 1.29 is 24.2 Å². The summed E-state index contributed by atoms with van der Waals surface area (Å²) in [5, 5.41) is 13.2. The van der Waals surface area contributed by atoms with E-state index in [-0.39, 0.29) is 43.3 Å². The highest BCUT2D eigenvalue weighted by Gasteiger charge is 2.40. The molecule has 194 valence electrons. The Morgan fingerprint density at radius 3 is 2.60 bits per heavy atom. The van der Waals surface area contributed by atoms with Gasteiger partial charge >= 0.3 is 6.03 Å². The maximum atomic E-state index is 13.1. The van der Waals surface area contributed by atoms with Gasteiger partial charge in [-0.1, -0.05) is 37.3 Å². The predicted octanol–water partition coefficient (Wildman–Crippen LogP) is 2.59. The number of urea groups is 1. The van der Waals surface area contributed by atoms with Crippen LogP contribution in [-0.4, -0.2) is 90.6 Å². The first kappa shape index (κ1) is 25.9. The largest absolute Gasteiger partial charge is 0.389 e. The quantitative estimate of drug-likeness (QED) is 0.644. The lowest BCUT2D eigenvalue weighted by Crippen LogP contribution is -2.59. The number of benzene rings is 1. The minimum absolute atomic E-state index is 0.159. The van der Waals surface area contributed by atoms with Gasteiger partial charge in [-0.3, -0.25) is 4.79 Å². The zero-order valence-corrected chi connectivity index (χ0v) is 20.9. The number of β-amino-alcohol motifs (C(OH)–C–C–N with tert-alkyl or cyclic N) is 1. The molecule has 3 saturated heterocycles. The number of carbonyl (C=O) groups excluding carboxylic acids is 2. The van der Waals surface area contributed by atoms with Crippen LogP contribution < -0.4 is 5.32 Å². The number of aliphatic hydroxyl groups excluding tert-OH is 1. The van der Waals surface area contributed by atoms with Crippen molar-refractivity contribution in [1.82, 2.24) is 15.1 Å². The fourth-order valence-electron chi connectivity index (χ4n) is 5.57. The van der Waals surface area contributed by atoms with Gasteiger partial charge in [0.25, 0.3) is 0 Å². The molecule has 0 aliphatic carbocycles. The van der Waals surface area contributed by atoms with Crippen LogP contribution in [0.5, 0.6) is 0 Å². The molecule has 0 radical (unpaired) electrons. The van der Waals surface area contributed by atoms with Crippen molar-refractivity contribution in [3.63, 3.8) is 0 Å². The Morgan fingerprint density at radius 2 is 1.86 bits per heavy atom. The van der Waals surface area contributed by atoms with Crippen LogP contribution in [0.4, 0.5) is 4.79 Å². The smallest absolute Gasteiger partial charge is 0.317 e. The zero-order valence-electron chi connectivity index (χ0n) is 20.9. The summed E-state index contributed by atoms with van der Waals surface area (Å²) in [6.45, 7) is 4.93. The van der Waals surface area contributed by atoms with Gasteiger partial charge in [0.2, 0.25) is 5.91 Å². The molecule has 8 heteroatoms. The molecule has 0 bridgehead atoms. The monoisotopic (exact) mass is 487 g/mol. The number of hydrogen-bond acceptors (Lipinski definition) is 5. The molecule has 0 unspecified atom stereocenters. The van der Waals surface area contributed by atoms with Crippen molar-refractivity contribution in [2.45, 2.75) is 76.2 Å². The highest BCUT2D eigenvalue weighted by atomic mass is 16.5. The number of fused-ring (bicyclic) bond motifs is 1. The summed E-state index contributed by atoms with van der Waals surface area (Å²) >= 11 is 0. The lowest BCUT2D eigenvalue weighted by Gasteiger charge is -2.44. The first-order chi connectivity index (χ1) is 17.0. The van der Waals surface area contributed by atoms with Crippen LogP contribution in [0.2, 0.25) is 0 Å². The number of likely N-dealkylation sites (tertiary alicyclic amines) is 1. The standard InChI is InChI=1S/C27H41N3O5/c1-2-12-28-27(33)30-17-22(31)18-34-19-25-24(30)9-8-23(35-25)16-26(32)29-13-10-21(11-14-29)15-20-6-4-3-5-7-20/h3-7,21-25,31H,2,8-19H2,1H3,(H,28,33)/t22-,23-,24+,25-/m1/s1. The Bertz CT molecular complexity index is 814. The summed E-state index contributed by atoms with van der Waals surface area (Å²) in [6.07, 6.45) is 4.64. The first-order valence-electron chi connectivity index (χ1n) is 13.3. The molecule has 3 aliphatic heterocycles. The Balaban J connectivity index is 1.27. The van der Waals surface area contributed by atoms with Crippen LogP contribution in [0, 0.1) is 5.92 Å². The molecule has 1 aromatic rings. The Morgan fingerprint density at radius 1 is 1.09 bits per heavy atom. The maximum Gasteiger partial charge on any atom is 0.317 e. The third-order valence-corrected chi connectivity index (χ3v) is 7.50. The molecule has 1 aromatic carbocycles. The highest BCUT2D eigenvalue weighted by Crippen LogP contribution is 2.29. The Hall–Kier alpha value is -2.16. The van der Waals surface area contributed by atoms with E-state index in [4.69, 9.17) is 9.47 Å². The number of ether oxygens (including phenoxy) is 2. The van der Waals surface area contributed by atoms with Gasteiger partial charge in [0.15, 0.2) is 0 Å². The van der Waals surface area contributed by atoms with Crippen molar-refractivity contribution in [2.75, 3.05) is 39.4 Å². The predicted molar refractivity (Wildman–Crippen MR) is 133 cm³/mol. The van der Waals surface area contributed by atoms with Crippen molar-refractivity contribution in [1.29, 1.82) is 0 Å². The molecule has 0 aromatic heterocycles. The van der Waals surface area contributed by atoms with Gasteiger partial charge in [0.1, 0.15) is 6.10 Å². The third-order valence-electron chi connectivity index (χ3n) is 7.50. The second-order valence-corrected chi connectivity index (χ2v) is 10.2. The van der Waals surface area contributed by atoms with Gasteiger partial charge in [0.05, 0.1) is 44.4 Å². The summed E-state index contributed by atoms with van der Waals surface area (Å²) in [7, 11) is 0. The summed E-state index contributed by atoms with van der Waals surface area (Å²) in [4.78, 5) is 29.5. The summed E-state index contributed by atoms with van der Waals surface area (Å²) in [5.41, 5.74) is 1.37. The second kappa shape index (κ2) is 12.7. The zero-order chi connectivity index (χ0) is 24.6. The van der Waals surface area contributed by atoms with Crippen molar-refractivity contribution in [3.8, 4) is 0 Å². The maximum absolute atomic E-state index is 13.1. The first-order valence-corrected chi connectivity index (χ1v) is 13.3. The summed E-state index contributed by atoms with van der Waals surface area (Å²) in [5.74, 6) is 0.784. The van der Waals surface area contributed by atoms with E-state index in [2.05, 4.69) is 29.6 Å². The van der Waals surface area contributed by atoms with Crippen molar-refractivity contribution in [2.24, 2.45) is 5.92 Å². The normalized spacial score (nSPS) is 28.1. The number of hydrogen-bond donors (Lipinski definition) is 2. The van der Waals surface area contributed by atoms with Crippen LogP contribution in [0.3, 0.4) is 0 Å². The topological polar surface area (TPSA) is 91.3 Å². The number of nitrogens with zero attached hydrogens (tertiary/aromatic N) is 2. The molecule has 3 amide bonds. The van der Waals surface area contributed by atoms with Gasteiger partial charge in [-0.25, -0.2) is 4.79 Å². The molecule has 3 fully saturated rings. The van der Waals surface area contributed by atoms with Gasteiger partial charge in [-0.2, -0.15) is 0 Å². The van der Waals surface area contributed by atoms with Crippen LogP contribution in [0.25, 0.3) is 0 Å². The average molecular weight is 488 g/mol. The molecule has 8 nitrogen and oxygen atoms in total. The molecule has 3 heterocycles. The van der Waals surface area contributed by atoms with E-state index in [0.717, 1.165) is 45.2 Å². The average Bonchev–Trinajstić information content (AvgIpc) is 2.86. The third kappa shape index (κ3) is 7.18.